The molecule has 25 heavy (non-hydrogen) atoms. The number of esters is 1. The molecule has 0 rings (SSSR count). The van der Waals surface area contributed by atoms with Gasteiger partial charge in [-0.1, -0.05) is 64.4 Å². The van der Waals surface area contributed by atoms with Gasteiger partial charge in [-0.2, -0.15) is 0 Å². The number of unbranched alkanes of at least 4 members (excludes halogenated alkanes) is 9. The molecule has 0 spiro atoms. The van der Waals surface area contributed by atoms with Crippen LogP contribution < -0.4 is 0 Å². The van der Waals surface area contributed by atoms with E-state index in [1.807, 2.05) is 6.92 Å². The first-order valence-electron chi connectivity index (χ1n) is 9.90. The van der Waals surface area contributed by atoms with Gasteiger partial charge in [-0.25, -0.2) is 4.79 Å². The lowest BCUT2D eigenvalue weighted by Gasteiger charge is -2.22. The monoisotopic (exact) mass is 372 g/mol. The summed E-state index contributed by atoms with van der Waals surface area (Å²) in [6.07, 6.45) is 15.0. The Morgan fingerprint density at radius 3 is 1.80 bits per heavy atom. The van der Waals surface area contributed by atoms with E-state index in [1.54, 1.807) is 14.2 Å². The van der Waals surface area contributed by atoms with E-state index in [0.29, 0.717) is 0 Å². The van der Waals surface area contributed by atoms with Crippen molar-refractivity contribution in [3.8, 4) is 0 Å². The van der Waals surface area contributed by atoms with Crippen molar-refractivity contribution in [3.63, 3.8) is 0 Å². The van der Waals surface area contributed by atoms with Gasteiger partial charge in [0.2, 0.25) is 0 Å². The van der Waals surface area contributed by atoms with Crippen molar-refractivity contribution in [2.45, 2.75) is 96.2 Å². The number of carbonyl (C=O) groups is 1. The molecule has 0 aromatic heterocycles. The van der Waals surface area contributed by atoms with Crippen LogP contribution in [0.1, 0.15) is 77.6 Å². The molecule has 0 aromatic rings. The fourth-order valence-corrected chi connectivity index (χ4v) is 4.35. The molecule has 148 valence electrons. The van der Waals surface area contributed by atoms with Gasteiger partial charge in [0.05, 0.1) is 6.10 Å². The van der Waals surface area contributed by atoms with Crippen molar-refractivity contribution in [1.29, 1.82) is 0 Å². The maximum absolute atomic E-state index is 11.1. The molecule has 0 radical (unpaired) electrons. The summed E-state index contributed by atoms with van der Waals surface area (Å²) in [7, 11) is 1.69. The third-order valence-electron chi connectivity index (χ3n) is 4.84. The molecule has 0 saturated heterocycles. The zero-order valence-corrected chi connectivity index (χ0v) is 18.0. The Balaban J connectivity index is 3.32. The fourth-order valence-electron chi connectivity index (χ4n) is 2.88. The van der Waals surface area contributed by atoms with Crippen LogP contribution in [-0.4, -0.2) is 34.9 Å². The Bertz CT molecular complexity index is 343. The summed E-state index contributed by atoms with van der Waals surface area (Å²) >= 11 is 0. The molecule has 0 fully saturated rings. The van der Waals surface area contributed by atoms with E-state index >= 15 is 0 Å². The highest BCUT2D eigenvalue weighted by Gasteiger charge is 2.27. The molecule has 1 atom stereocenters. The average Bonchev–Trinajstić information content (AvgIpc) is 2.62. The highest BCUT2D eigenvalue weighted by molar-refractivity contribution is 6.65. The molecule has 0 saturated carbocycles. The molecule has 0 aliphatic carbocycles. The fraction of sp³-hybridized carbons (Fsp3) is 0.850. The lowest BCUT2D eigenvalue weighted by atomic mass is 10.0. The largest absolute Gasteiger partial charge is 0.460 e. The van der Waals surface area contributed by atoms with Gasteiger partial charge in [-0.15, -0.1) is 0 Å². The first-order valence-corrected chi connectivity index (χ1v) is 12.4. The minimum Gasteiger partial charge on any atom is -0.460 e. The van der Waals surface area contributed by atoms with Gasteiger partial charge in [-0.3, -0.25) is 0 Å². The van der Waals surface area contributed by atoms with E-state index < -0.39 is 8.56 Å². The van der Waals surface area contributed by atoms with Crippen LogP contribution in [0.25, 0.3) is 0 Å². The molecule has 0 aliphatic heterocycles. The summed E-state index contributed by atoms with van der Waals surface area (Å²) in [5.41, 5.74) is 0. The van der Waals surface area contributed by atoms with Crippen LogP contribution in [0.2, 0.25) is 12.6 Å². The van der Waals surface area contributed by atoms with E-state index in [1.165, 1.54) is 63.9 Å². The highest BCUT2D eigenvalue weighted by atomic mass is 28.4. The van der Waals surface area contributed by atoms with Gasteiger partial charge in [0.25, 0.3) is 0 Å². The quantitative estimate of drug-likeness (QED) is 0.141. The molecule has 4 nitrogen and oxygen atoms in total. The lowest BCUT2D eigenvalue weighted by Crippen LogP contribution is -2.35. The van der Waals surface area contributed by atoms with Gasteiger partial charge < -0.3 is 13.6 Å². The van der Waals surface area contributed by atoms with Crippen LogP contribution in [0, 0.1) is 0 Å². The van der Waals surface area contributed by atoms with E-state index in [4.69, 9.17) is 13.6 Å². The smallest absolute Gasteiger partial charge is 0.334 e. The molecule has 1 unspecified atom stereocenters. The van der Waals surface area contributed by atoms with Crippen molar-refractivity contribution in [2.75, 3.05) is 14.2 Å². The van der Waals surface area contributed by atoms with Gasteiger partial charge in [0.1, 0.15) is 0 Å². The maximum Gasteiger partial charge on any atom is 0.334 e. The van der Waals surface area contributed by atoms with Crippen LogP contribution >= 0.6 is 0 Å². The van der Waals surface area contributed by atoms with E-state index in [0.717, 1.165) is 18.9 Å². The second-order valence-electron chi connectivity index (χ2n) is 7.07. The van der Waals surface area contributed by atoms with Crippen molar-refractivity contribution >= 4 is 14.5 Å². The Morgan fingerprint density at radius 1 is 0.920 bits per heavy atom. The standard InChI is InChI=1S/C20H40O4Si/c1-6-20(21)24-19(2)17-15-13-11-9-7-8-10-12-14-16-18-25(5,22-3)23-4/h6,19H,1,7-18H2,2-5H3. The minimum absolute atomic E-state index is 0.00614. The molecular formula is C20H40O4Si. The lowest BCUT2D eigenvalue weighted by molar-refractivity contribution is -0.142. The molecule has 0 amide bonds. The summed E-state index contributed by atoms with van der Waals surface area (Å²) in [6.45, 7) is 7.50. The molecule has 0 N–H and O–H groups in total. The van der Waals surface area contributed by atoms with Crippen LogP contribution in [0.3, 0.4) is 0 Å². The van der Waals surface area contributed by atoms with Gasteiger partial charge in [-0.05, 0) is 32.4 Å². The summed E-state index contributed by atoms with van der Waals surface area (Å²) < 4.78 is 16.2. The zero-order chi connectivity index (χ0) is 19.0. The third kappa shape index (κ3) is 14.2. The number of rotatable bonds is 17. The SMILES string of the molecule is C=CC(=O)OC(C)CCCCCCCCCCCC[Si](C)(OC)OC. The summed E-state index contributed by atoms with van der Waals surface area (Å²) in [5.74, 6) is -0.316. The third-order valence-corrected chi connectivity index (χ3v) is 7.83. The maximum atomic E-state index is 11.1. The Morgan fingerprint density at radius 2 is 1.36 bits per heavy atom. The van der Waals surface area contributed by atoms with Crippen LogP contribution in [0.4, 0.5) is 0 Å². The summed E-state index contributed by atoms with van der Waals surface area (Å²) in [6, 6.07) is 1.10. The van der Waals surface area contributed by atoms with Crippen molar-refractivity contribution in [3.05, 3.63) is 12.7 Å². The second kappa shape index (κ2) is 15.6. The van der Waals surface area contributed by atoms with Crippen molar-refractivity contribution in [2.24, 2.45) is 0 Å². The zero-order valence-electron chi connectivity index (χ0n) is 17.0. The van der Waals surface area contributed by atoms with Gasteiger partial charge >= 0.3 is 14.5 Å². The first-order chi connectivity index (χ1) is 12.0. The first kappa shape index (κ1) is 24.3. The number of carbonyl (C=O) groups excluding carboxylic acids is 1. The minimum atomic E-state index is -1.84. The second-order valence-corrected chi connectivity index (χ2v) is 10.7. The van der Waals surface area contributed by atoms with E-state index in [9.17, 15) is 4.79 Å². The van der Waals surface area contributed by atoms with Gasteiger partial charge in [0, 0.05) is 20.3 Å². The van der Waals surface area contributed by atoms with Crippen LogP contribution in [0.5, 0.6) is 0 Å². The molecular weight excluding hydrogens is 332 g/mol. The Labute approximate surface area is 156 Å². The molecule has 0 heterocycles. The van der Waals surface area contributed by atoms with Crippen LogP contribution in [0.15, 0.2) is 12.7 Å². The number of hydrogen-bond donors (Lipinski definition) is 0. The Hall–Kier alpha value is -0.653. The predicted molar refractivity (Wildman–Crippen MR) is 107 cm³/mol. The molecule has 5 heteroatoms. The normalized spacial score (nSPS) is 12.8. The summed E-state index contributed by atoms with van der Waals surface area (Å²) in [4.78, 5) is 11.1. The van der Waals surface area contributed by atoms with E-state index in [-0.39, 0.29) is 12.1 Å². The predicted octanol–water partition coefficient (Wildman–Crippen LogP) is 5.76. The Kier molecular flexibility index (Phi) is 15.2. The van der Waals surface area contributed by atoms with Crippen LogP contribution in [-0.2, 0) is 18.4 Å². The average molecular weight is 373 g/mol. The molecule has 0 bridgehead atoms. The van der Waals surface area contributed by atoms with Crippen molar-refractivity contribution in [1.82, 2.24) is 0 Å². The van der Waals surface area contributed by atoms with Gasteiger partial charge in [0.15, 0.2) is 0 Å². The summed E-state index contributed by atoms with van der Waals surface area (Å²) in [5, 5.41) is 0. The molecule has 0 aromatic carbocycles. The molecule has 0 aliphatic rings. The number of hydrogen-bond acceptors (Lipinski definition) is 4. The van der Waals surface area contributed by atoms with Crippen molar-refractivity contribution < 1.29 is 18.4 Å². The highest BCUT2D eigenvalue weighted by Crippen LogP contribution is 2.18. The topological polar surface area (TPSA) is 44.8 Å². The number of ether oxygens (including phenoxy) is 1. The van der Waals surface area contributed by atoms with E-state index in [2.05, 4.69) is 13.1 Å².